The van der Waals surface area contributed by atoms with Crippen LogP contribution in [0.2, 0.25) is 0 Å². The SMILES string of the molecule is CC(C)C(=O)N(C)C1CCOc2ccccc21. The molecule has 0 aromatic heterocycles. The fourth-order valence-electron chi connectivity index (χ4n) is 2.29. The molecule has 0 saturated carbocycles. The average molecular weight is 233 g/mol. The van der Waals surface area contributed by atoms with Gasteiger partial charge in [-0.1, -0.05) is 32.0 Å². The van der Waals surface area contributed by atoms with E-state index < -0.39 is 0 Å². The van der Waals surface area contributed by atoms with Crippen LogP contribution in [0.15, 0.2) is 24.3 Å². The Kier molecular flexibility index (Phi) is 3.36. The van der Waals surface area contributed by atoms with Crippen molar-refractivity contribution in [2.75, 3.05) is 13.7 Å². The summed E-state index contributed by atoms with van der Waals surface area (Å²) >= 11 is 0. The van der Waals surface area contributed by atoms with E-state index in [0.29, 0.717) is 6.61 Å². The Hall–Kier alpha value is -1.51. The molecule has 0 aliphatic carbocycles. The lowest BCUT2D eigenvalue weighted by Crippen LogP contribution is -2.36. The zero-order valence-electron chi connectivity index (χ0n) is 10.6. The molecule has 1 aliphatic heterocycles. The molecular weight excluding hydrogens is 214 g/mol. The van der Waals surface area contributed by atoms with Crippen LogP contribution in [0.25, 0.3) is 0 Å². The summed E-state index contributed by atoms with van der Waals surface area (Å²) in [7, 11) is 1.88. The maximum atomic E-state index is 12.0. The molecule has 0 saturated heterocycles. The van der Waals surface area contributed by atoms with Gasteiger partial charge in [0.25, 0.3) is 0 Å². The number of hydrogen-bond donors (Lipinski definition) is 0. The van der Waals surface area contributed by atoms with Crippen molar-refractivity contribution in [3.05, 3.63) is 29.8 Å². The molecule has 1 aromatic carbocycles. The monoisotopic (exact) mass is 233 g/mol. The van der Waals surface area contributed by atoms with Crippen molar-refractivity contribution in [2.45, 2.75) is 26.3 Å². The van der Waals surface area contributed by atoms with Gasteiger partial charge >= 0.3 is 0 Å². The number of ether oxygens (including phenoxy) is 1. The van der Waals surface area contributed by atoms with Crippen LogP contribution < -0.4 is 4.74 Å². The van der Waals surface area contributed by atoms with Gasteiger partial charge < -0.3 is 9.64 Å². The molecule has 2 rings (SSSR count). The van der Waals surface area contributed by atoms with Crippen molar-refractivity contribution in [2.24, 2.45) is 5.92 Å². The number of fused-ring (bicyclic) bond motifs is 1. The number of rotatable bonds is 2. The Labute approximate surface area is 102 Å². The first-order chi connectivity index (χ1) is 8.11. The number of carbonyl (C=O) groups is 1. The van der Waals surface area contributed by atoms with Crippen molar-refractivity contribution in [1.29, 1.82) is 0 Å². The maximum Gasteiger partial charge on any atom is 0.225 e. The molecule has 17 heavy (non-hydrogen) atoms. The second kappa shape index (κ2) is 4.78. The smallest absolute Gasteiger partial charge is 0.225 e. The summed E-state index contributed by atoms with van der Waals surface area (Å²) < 4.78 is 5.61. The normalized spacial score (nSPS) is 18.5. The van der Waals surface area contributed by atoms with Gasteiger partial charge in [-0.15, -0.1) is 0 Å². The zero-order chi connectivity index (χ0) is 12.4. The molecule has 1 heterocycles. The molecule has 1 unspecified atom stereocenters. The fourth-order valence-corrected chi connectivity index (χ4v) is 2.29. The van der Waals surface area contributed by atoms with Crippen molar-refractivity contribution >= 4 is 5.91 Å². The third-order valence-electron chi connectivity index (χ3n) is 3.24. The Morgan fingerprint density at radius 3 is 2.82 bits per heavy atom. The third-order valence-corrected chi connectivity index (χ3v) is 3.24. The summed E-state index contributed by atoms with van der Waals surface area (Å²) in [6, 6.07) is 8.12. The minimum Gasteiger partial charge on any atom is -0.493 e. The van der Waals surface area contributed by atoms with Crippen molar-refractivity contribution < 1.29 is 9.53 Å². The van der Waals surface area contributed by atoms with Crippen LogP contribution >= 0.6 is 0 Å². The molecule has 92 valence electrons. The molecule has 1 aliphatic rings. The molecule has 3 heteroatoms. The van der Waals surface area contributed by atoms with Gasteiger partial charge in [-0.2, -0.15) is 0 Å². The topological polar surface area (TPSA) is 29.5 Å². The molecular formula is C14H19NO2. The minimum absolute atomic E-state index is 0.0370. The zero-order valence-corrected chi connectivity index (χ0v) is 10.6. The summed E-state index contributed by atoms with van der Waals surface area (Å²) in [5, 5.41) is 0. The van der Waals surface area contributed by atoms with Gasteiger partial charge in [-0.3, -0.25) is 4.79 Å². The van der Waals surface area contributed by atoms with Gasteiger partial charge in [-0.05, 0) is 6.07 Å². The van der Waals surface area contributed by atoms with Crippen LogP contribution in [-0.4, -0.2) is 24.5 Å². The lowest BCUT2D eigenvalue weighted by Gasteiger charge is -2.34. The fraction of sp³-hybridized carbons (Fsp3) is 0.500. The van der Waals surface area contributed by atoms with Gasteiger partial charge in [-0.25, -0.2) is 0 Å². The molecule has 1 amide bonds. The van der Waals surface area contributed by atoms with E-state index in [1.165, 1.54) is 0 Å². The standard InChI is InChI=1S/C14H19NO2/c1-10(2)14(16)15(3)12-8-9-17-13-7-5-4-6-11(12)13/h4-7,10,12H,8-9H2,1-3H3. The number of carbonyl (C=O) groups excluding carboxylic acids is 1. The van der Waals surface area contributed by atoms with Crippen molar-refractivity contribution in [3.63, 3.8) is 0 Å². The molecule has 1 aromatic rings. The van der Waals surface area contributed by atoms with E-state index in [1.54, 1.807) is 0 Å². The van der Waals surface area contributed by atoms with E-state index in [2.05, 4.69) is 0 Å². The van der Waals surface area contributed by atoms with Gasteiger partial charge in [0.15, 0.2) is 0 Å². The van der Waals surface area contributed by atoms with Gasteiger partial charge in [0.05, 0.1) is 12.6 Å². The number of para-hydroxylation sites is 1. The molecule has 0 spiro atoms. The number of amides is 1. The van der Waals surface area contributed by atoms with Crippen LogP contribution in [0.1, 0.15) is 31.9 Å². The molecule has 0 radical (unpaired) electrons. The first-order valence-electron chi connectivity index (χ1n) is 6.09. The minimum atomic E-state index is 0.0370. The highest BCUT2D eigenvalue weighted by Crippen LogP contribution is 2.35. The van der Waals surface area contributed by atoms with Crippen LogP contribution in [0, 0.1) is 5.92 Å². The molecule has 1 atom stereocenters. The molecule has 3 nitrogen and oxygen atoms in total. The molecule has 0 bridgehead atoms. The van der Waals surface area contributed by atoms with E-state index in [0.717, 1.165) is 17.7 Å². The highest BCUT2D eigenvalue weighted by molar-refractivity contribution is 5.78. The quantitative estimate of drug-likeness (QED) is 0.786. The predicted octanol–water partition coefficient (Wildman–Crippen LogP) is 2.62. The van der Waals surface area contributed by atoms with E-state index in [9.17, 15) is 4.79 Å². The Bertz CT molecular complexity index is 414. The maximum absolute atomic E-state index is 12.0. The van der Waals surface area contributed by atoms with E-state index >= 15 is 0 Å². The first kappa shape index (κ1) is 12.0. The van der Waals surface area contributed by atoms with Crippen molar-refractivity contribution in [1.82, 2.24) is 4.90 Å². The van der Waals surface area contributed by atoms with Crippen LogP contribution in [-0.2, 0) is 4.79 Å². The molecule has 0 N–H and O–H groups in total. The highest BCUT2D eigenvalue weighted by Gasteiger charge is 2.28. The summed E-state index contributed by atoms with van der Waals surface area (Å²) in [6.45, 7) is 4.55. The number of nitrogens with zero attached hydrogens (tertiary/aromatic N) is 1. The Balaban J connectivity index is 2.26. The lowest BCUT2D eigenvalue weighted by molar-refractivity contribution is -0.135. The van der Waals surface area contributed by atoms with Crippen LogP contribution in [0.3, 0.4) is 0 Å². The second-order valence-corrected chi connectivity index (χ2v) is 4.79. The van der Waals surface area contributed by atoms with Crippen molar-refractivity contribution in [3.8, 4) is 5.75 Å². The van der Waals surface area contributed by atoms with Crippen LogP contribution in [0.5, 0.6) is 5.75 Å². The third kappa shape index (κ3) is 2.28. The Morgan fingerprint density at radius 1 is 1.41 bits per heavy atom. The number of benzene rings is 1. The van der Waals surface area contributed by atoms with Gasteiger partial charge in [0.2, 0.25) is 5.91 Å². The highest BCUT2D eigenvalue weighted by atomic mass is 16.5. The van der Waals surface area contributed by atoms with Gasteiger partial charge in [0, 0.05) is 24.9 Å². The second-order valence-electron chi connectivity index (χ2n) is 4.79. The van der Waals surface area contributed by atoms with E-state index in [-0.39, 0.29) is 17.9 Å². The summed E-state index contributed by atoms with van der Waals surface area (Å²) in [5.74, 6) is 1.13. The first-order valence-corrected chi connectivity index (χ1v) is 6.09. The van der Waals surface area contributed by atoms with Gasteiger partial charge in [0.1, 0.15) is 5.75 Å². The summed E-state index contributed by atoms with van der Waals surface area (Å²) in [6.07, 6.45) is 0.867. The predicted molar refractivity (Wildman–Crippen MR) is 66.9 cm³/mol. The van der Waals surface area contributed by atoms with E-state index in [1.807, 2.05) is 50.1 Å². The van der Waals surface area contributed by atoms with Crippen LogP contribution in [0.4, 0.5) is 0 Å². The summed E-state index contributed by atoms with van der Waals surface area (Å²) in [4.78, 5) is 13.9. The lowest BCUT2D eigenvalue weighted by atomic mass is 9.98. The largest absolute Gasteiger partial charge is 0.493 e. The Morgan fingerprint density at radius 2 is 2.12 bits per heavy atom. The molecule has 0 fully saturated rings. The average Bonchev–Trinajstić information content (AvgIpc) is 2.36. The summed E-state index contributed by atoms with van der Waals surface area (Å²) in [5.41, 5.74) is 1.12. The number of hydrogen-bond acceptors (Lipinski definition) is 2. The van der Waals surface area contributed by atoms with E-state index in [4.69, 9.17) is 4.74 Å².